The Labute approximate surface area is 99.4 Å². The lowest BCUT2D eigenvalue weighted by Crippen LogP contribution is -2.34. The van der Waals surface area contributed by atoms with Gasteiger partial charge in [-0.3, -0.25) is 4.79 Å². The van der Waals surface area contributed by atoms with Crippen LogP contribution in [0.25, 0.3) is 0 Å². The van der Waals surface area contributed by atoms with E-state index in [1.165, 1.54) is 25.8 Å². The van der Waals surface area contributed by atoms with Gasteiger partial charge in [0, 0.05) is 18.9 Å². The minimum Gasteiger partial charge on any atom is -0.303 e. The predicted molar refractivity (Wildman–Crippen MR) is 66.4 cm³/mol. The van der Waals surface area contributed by atoms with Crippen LogP contribution in [0.5, 0.6) is 0 Å². The van der Waals surface area contributed by atoms with Crippen LogP contribution in [-0.4, -0.2) is 30.3 Å². The minimum atomic E-state index is 0.399. The molecule has 1 unspecified atom stereocenters. The Kier molecular flexibility index (Phi) is 4.39. The van der Waals surface area contributed by atoms with Crippen LogP contribution in [0.4, 0.5) is 0 Å². The molecule has 0 aliphatic heterocycles. The van der Waals surface area contributed by atoms with E-state index in [9.17, 15) is 4.79 Å². The molecule has 0 aromatic carbocycles. The van der Waals surface area contributed by atoms with Crippen LogP contribution in [0.2, 0.25) is 0 Å². The fraction of sp³-hybridized carbons (Fsp3) is 0.929. The van der Waals surface area contributed by atoms with Gasteiger partial charge in [0.05, 0.1) is 0 Å². The van der Waals surface area contributed by atoms with E-state index < -0.39 is 0 Å². The number of hydrogen-bond donors (Lipinski definition) is 0. The maximum atomic E-state index is 11.5. The smallest absolute Gasteiger partial charge is 0.136 e. The molecule has 0 amide bonds. The molecule has 0 radical (unpaired) electrons. The zero-order valence-corrected chi connectivity index (χ0v) is 10.6. The van der Waals surface area contributed by atoms with Crippen molar-refractivity contribution in [1.29, 1.82) is 0 Å². The van der Waals surface area contributed by atoms with E-state index in [2.05, 4.69) is 11.8 Å². The average Bonchev–Trinajstić information content (AvgIpc) is 2.62. The number of carbonyl (C=O) groups excluding carboxylic acids is 1. The second-order valence-electron chi connectivity index (χ2n) is 5.53. The van der Waals surface area contributed by atoms with Crippen molar-refractivity contribution < 1.29 is 4.79 Å². The van der Waals surface area contributed by atoms with Crippen LogP contribution in [0.15, 0.2) is 0 Å². The molecule has 16 heavy (non-hydrogen) atoms. The van der Waals surface area contributed by atoms with Crippen LogP contribution in [-0.2, 0) is 4.79 Å². The highest BCUT2D eigenvalue weighted by atomic mass is 16.1. The van der Waals surface area contributed by atoms with E-state index in [0.717, 1.165) is 44.7 Å². The number of hydrogen-bond acceptors (Lipinski definition) is 2. The largest absolute Gasteiger partial charge is 0.303 e. The van der Waals surface area contributed by atoms with Gasteiger partial charge >= 0.3 is 0 Å². The van der Waals surface area contributed by atoms with Gasteiger partial charge in [0.25, 0.3) is 0 Å². The zero-order valence-electron chi connectivity index (χ0n) is 10.6. The molecular formula is C14H25NO. The Morgan fingerprint density at radius 2 is 2.06 bits per heavy atom. The number of carbonyl (C=O) groups is 1. The summed E-state index contributed by atoms with van der Waals surface area (Å²) in [5.41, 5.74) is 0. The molecule has 2 aliphatic carbocycles. The molecule has 0 N–H and O–H groups in total. The summed E-state index contributed by atoms with van der Waals surface area (Å²) in [6, 6.07) is 0. The molecule has 0 aromatic rings. The number of ketones is 1. The molecule has 0 saturated heterocycles. The van der Waals surface area contributed by atoms with Crippen LogP contribution < -0.4 is 0 Å². The van der Waals surface area contributed by atoms with Gasteiger partial charge < -0.3 is 4.90 Å². The first kappa shape index (κ1) is 12.1. The van der Waals surface area contributed by atoms with Gasteiger partial charge in [0.15, 0.2) is 0 Å². The number of rotatable bonds is 6. The van der Waals surface area contributed by atoms with Gasteiger partial charge in [-0.25, -0.2) is 0 Å². The summed E-state index contributed by atoms with van der Waals surface area (Å²) in [4.78, 5) is 14.1. The summed E-state index contributed by atoms with van der Waals surface area (Å²) in [5, 5.41) is 0. The maximum Gasteiger partial charge on any atom is 0.136 e. The molecule has 0 bridgehead atoms. The Bertz CT molecular complexity index is 235. The average molecular weight is 223 g/mol. The summed E-state index contributed by atoms with van der Waals surface area (Å²) < 4.78 is 0. The first-order valence-corrected chi connectivity index (χ1v) is 7.04. The molecule has 2 rings (SSSR count). The van der Waals surface area contributed by atoms with Crippen LogP contribution in [0.3, 0.4) is 0 Å². The third-order valence-corrected chi connectivity index (χ3v) is 4.41. The third-order valence-electron chi connectivity index (χ3n) is 4.41. The van der Waals surface area contributed by atoms with E-state index in [4.69, 9.17) is 0 Å². The molecule has 1 atom stereocenters. The zero-order chi connectivity index (χ0) is 11.4. The van der Waals surface area contributed by atoms with Gasteiger partial charge in [-0.2, -0.15) is 0 Å². The van der Waals surface area contributed by atoms with Crippen molar-refractivity contribution >= 4 is 5.78 Å². The first-order chi connectivity index (χ1) is 7.79. The van der Waals surface area contributed by atoms with E-state index in [-0.39, 0.29) is 0 Å². The van der Waals surface area contributed by atoms with Crippen molar-refractivity contribution in [3.05, 3.63) is 0 Å². The molecule has 0 heterocycles. The predicted octanol–water partition coefficient (Wildman–Crippen LogP) is 2.87. The molecule has 92 valence electrons. The summed E-state index contributed by atoms with van der Waals surface area (Å²) in [7, 11) is 0. The van der Waals surface area contributed by atoms with Crippen LogP contribution in [0.1, 0.15) is 51.9 Å². The van der Waals surface area contributed by atoms with E-state index in [0.29, 0.717) is 11.7 Å². The van der Waals surface area contributed by atoms with Crippen molar-refractivity contribution in [2.45, 2.75) is 51.9 Å². The lowest BCUT2D eigenvalue weighted by Gasteiger charge is -2.32. The van der Waals surface area contributed by atoms with Gasteiger partial charge in [-0.15, -0.1) is 0 Å². The normalized spacial score (nSPS) is 26.4. The second-order valence-corrected chi connectivity index (χ2v) is 5.53. The fourth-order valence-electron chi connectivity index (χ4n) is 2.95. The third kappa shape index (κ3) is 3.07. The molecule has 2 saturated carbocycles. The maximum absolute atomic E-state index is 11.5. The number of nitrogens with zero attached hydrogens (tertiary/aromatic N) is 1. The second kappa shape index (κ2) is 5.81. The van der Waals surface area contributed by atoms with E-state index in [1.54, 1.807) is 0 Å². The Morgan fingerprint density at radius 1 is 1.25 bits per heavy atom. The summed E-state index contributed by atoms with van der Waals surface area (Å²) in [5.74, 6) is 1.88. The number of Topliss-reactive ketones (excluding diaryl/α,β-unsaturated/α-hetero) is 1. The van der Waals surface area contributed by atoms with Crippen molar-refractivity contribution in [2.24, 2.45) is 11.8 Å². The van der Waals surface area contributed by atoms with E-state index >= 15 is 0 Å². The van der Waals surface area contributed by atoms with Crippen LogP contribution in [0, 0.1) is 11.8 Å². The minimum absolute atomic E-state index is 0.399. The van der Waals surface area contributed by atoms with Crippen molar-refractivity contribution in [3.63, 3.8) is 0 Å². The highest BCUT2D eigenvalue weighted by molar-refractivity contribution is 5.82. The SMILES string of the molecule is CCN(CCC1CCCC1=O)CC1CCC1. The van der Waals surface area contributed by atoms with Crippen molar-refractivity contribution in [3.8, 4) is 0 Å². The summed E-state index contributed by atoms with van der Waals surface area (Å²) in [6.07, 6.45) is 8.54. The fourth-order valence-corrected chi connectivity index (χ4v) is 2.95. The topological polar surface area (TPSA) is 20.3 Å². The lowest BCUT2D eigenvalue weighted by atomic mass is 9.85. The highest BCUT2D eigenvalue weighted by Gasteiger charge is 2.25. The molecule has 2 heteroatoms. The quantitative estimate of drug-likeness (QED) is 0.690. The van der Waals surface area contributed by atoms with Crippen molar-refractivity contribution in [1.82, 2.24) is 4.90 Å². The van der Waals surface area contributed by atoms with Gasteiger partial charge in [0.2, 0.25) is 0 Å². The lowest BCUT2D eigenvalue weighted by molar-refractivity contribution is -0.120. The van der Waals surface area contributed by atoms with Crippen LogP contribution >= 0.6 is 0 Å². The Balaban J connectivity index is 1.67. The Morgan fingerprint density at radius 3 is 2.56 bits per heavy atom. The monoisotopic (exact) mass is 223 g/mol. The van der Waals surface area contributed by atoms with Crippen molar-refractivity contribution in [2.75, 3.05) is 19.6 Å². The molecule has 0 aromatic heterocycles. The molecular weight excluding hydrogens is 198 g/mol. The summed E-state index contributed by atoms with van der Waals surface area (Å²) >= 11 is 0. The summed E-state index contributed by atoms with van der Waals surface area (Å²) in [6.45, 7) is 5.81. The molecule has 2 nitrogen and oxygen atoms in total. The van der Waals surface area contributed by atoms with Gasteiger partial charge in [-0.05, 0) is 51.1 Å². The van der Waals surface area contributed by atoms with E-state index in [1.807, 2.05) is 0 Å². The molecule has 2 fully saturated rings. The molecule has 2 aliphatic rings. The Hall–Kier alpha value is -0.370. The standard InChI is InChI=1S/C14H25NO/c1-2-15(11-12-5-3-6-12)10-9-13-7-4-8-14(13)16/h12-13H,2-11H2,1H3. The molecule has 0 spiro atoms. The first-order valence-electron chi connectivity index (χ1n) is 7.04. The van der Waals surface area contributed by atoms with Gasteiger partial charge in [-0.1, -0.05) is 13.3 Å². The highest BCUT2D eigenvalue weighted by Crippen LogP contribution is 2.28. The van der Waals surface area contributed by atoms with Gasteiger partial charge in [0.1, 0.15) is 5.78 Å².